The summed E-state index contributed by atoms with van der Waals surface area (Å²) in [7, 11) is 0. The van der Waals surface area contributed by atoms with Crippen molar-refractivity contribution in [1.29, 1.82) is 0 Å². The van der Waals surface area contributed by atoms with Gasteiger partial charge in [0.1, 0.15) is 23.1 Å². The average molecular weight is 532 g/mol. The van der Waals surface area contributed by atoms with E-state index in [-0.39, 0.29) is 29.7 Å². The van der Waals surface area contributed by atoms with Gasteiger partial charge in [-0.25, -0.2) is 18.7 Å². The minimum absolute atomic E-state index is 0.0210. The predicted molar refractivity (Wildman–Crippen MR) is 140 cm³/mol. The molecule has 39 heavy (non-hydrogen) atoms. The van der Waals surface area contributed by atoms with Crippen LogP contribution in [0.4, 0.5) is 10.2 Å². The van der Waals surface area contributed by atoms with Crippen LogP contribution in [0.5, 0.6) is 0 Å². The first-order valence-corrected chi connectivity index (χ1v) is 13.6. The van der Waals surface area contributed by atoms with Crippen molar-refractivity contribution in [3.8, 4) is 11.3 Å². The number of anilines is 1. The second-order valence-electron chi connectivity index (χ2n) is 11.3. The van der Waals surface area contributed by atoms with Crippen molar-refractivity contribution in [2.45, 2.75) is 76.7 Å². The van der Waals surface area contributed by atoms with Gasteiger partial charge in [0.2, 0.25) is 0 Å². The minimum Gasteiger partial charge on any atom is -0.476 e. The molecule has 0 amide bonds. The Bertz CT molecular complexity index is 1560. The molecule has 4 aromatic rings. The molecule has 7 rings (SSSR count). The third-order valence-corrected chi connectivity index (χ3v) is 8.57. The molecule has 1 saturated carbocycles. The number of ether oxygens (including phenoxy) is 1. The predicted octanol–water partition coefficient (Wildman–Crippen LogP) is 5.37. The Labute approximate surface area is 224 Å². The Morgan fingerprint density at radius 3 is 2.79 bits per heavy atom. The van der Waals surface area contributed by atoms with Gasteiger partial charge in [0.15, 0.2) is 11.3 Å². The number of carboxylic acids is 1. The van der Waals surface area contributed by atoms with Gasteiger partial charge in [0, 0.05) is 29.1 Å². The minimum atomic E-state index is -1.07. The van der Waals surface area contributed by atoms with E-state index in [2.05, 4.69) is 22.0 Å². The molecule has 1 aromatic carbocycles. The van der Waals surface area contributed by atoms with E-state index >= 15 is 0 Å². The van der Waals surface area contributed by atoms with Gasteiger partial charge in [0.05, 0.1) is 18.9 Å². The van der Waals surface area contributed by atoms with E-state index in [1.165, 1.54) is 12.3 Å². The van der Waals surface area contributed by atoms with E-state index in [0.29, 0.717) is 35.3 Å². The van der Waals surface area contributed by atoms with Crippen LogP contribution in [0.25, 0.3) is 16.9 Å². The van der Waals surface area contributed by atoms with Crippen LogP contribution in [0.3, 0.4) is 0 Å². The highest BCUT2D eigenvalue weighted by atomic mass is 19.1. The first-order chi connectivity index (χ1) is 18.9. The summed E-state index contributed by atoms with van der Waals surface area (Å²) < 4.78 is 28.7. The third kappa shape index (κ3) is 4.17. The fourth-order valence-electron chi connectivity index (χ4n) is 6.53. The molecule has 4 unspecified atom stereocenters. The number of imidazole rings is 1. The number of fused-ring (bicyclic) bond motifs is 3. The molecule has 1 aliphatic carbocycles. The summed E-state index contributed by atoms with van der Waals surface area (Å²) in [4.78, 5) is 17.8. The summed E-state index contributed by atoms with van der Waals surface area (Å²) in [6.07, 6.45) is 6.35. The first-order valence-electron chi connectivity index (χ1n) is 13.6. The Morgan fingerprint density at radius 1 is 1.21 bits per heavy atom. The molecule has 0 spiro atoms. The molecular weight excluding hydrogens is 501 g/mol. The molecule has 2 saturated heterocycles. The third-order valence-electron chi connectivity index (χ3n) is 8.57. The maximum absolute atomic E-state index is 14.9. The van der Waals surface area contributed by atoms with E-state index in [9.17, 15) is 14.3 Å². The normalized spacial score (nSPS) is 24.5. The molecule has 0 radical (unpaired) electrons. The van der Waals surface area contributed by atoms with Crippen molar-refractivity contribution >= 4 is 17.4 Å². The molecule has 2 bridgehead atoms. The number of halogens is 1. The number of piperidine rings is 1. The van der Waals surface area contributed by atoms with Gasteiger partial charge in [-0.05, 0) is 68.7 Å². The maximum atomic E-state index is 14.9. The van der Waals surface area contributed by atoms with Crippen LogP contribution in [0, 0.1) is 18.7 Å². The number of aromatic nitrogens is 4. The van der Waals surface area contributed by atoms with Crippen molar-refractivity contribution < 1.29 is 23.6 Å². The number of carbonyl (C=O) groups is 1. The Morgan fingerprint density at radius 2 is 2.05 bits per heavy atom. The van der Waals surface area contributed by atoms with Crippen molar-refractivity contribution in [2.75, 3.05) is 4.90 Å². The highest BCUT2D eigenvalue weighted by Gasteiger charge is 2.46. The van der Waals surface area contributed by atoms with Crippen LogP contribution in [0.15, 0.2) is 41.1 Å². The van der Waals surface area contributed by atoms with Crippen LogP contribution in [-0.2, 0) is 11.3 Å². The molecule has 3 fully saturated rings. The van der Waals surface area contributed by atoms with Crippen LogP contribution in [-0.4, -0.2) is 49.0 Å². The van der Waals surface area contributed by atoms with Crippen molar-refractivity contribution in [3.63, 3.8) is 0 Å². The fraction of sp³-hybridized carbons (Fsp3) is 0.448. The van der Waals surface area contributed by atoms with Gasteiger partial charge in [0.25, 0.3) is 0 Å². The second kappa shape index (κ2) is 9.15. The molecule has 202 valence electrons. The summed E-state index contributed by atoms with van der Waals surface area (Å²) in [5.41, 5.74) is 3.23. The number of hydrogen-bond acceptors (Lipinski definition) is 7. The van der Waals surface area contributed by atoms with E-state index < -0.39 is 5.97 Å². The summed E-state index contributed by atoms with van der Waals surface area (Å²) in [5, 5.41) is 18.3. The summed E-state index contributed by atoms with van der Waals surface area (Å²) in [5.74, 6) is 1.08. The van der Waals surface area contributed by atoms with E-state index in [4.69, 9.17) is 14.4 Å². The van der Waals surface area contributed by atoms with Gasteiger partial charge in [-0.3, -0.25) is 0 Å². The van der Waals surface area contributed by atoms with Gasteiger partial charge in [-0.1, -0.05) is 24.2 Å². The number of carboxylic acid groups (broad SMARTS) is 1. The van der Waals surface area contributed by atoms with Crippen LogP contribution in [0.2, 0.25) is 0 Å². The highest BCUT2D eigenvalue weighted by molar-refractivity contribution is 5.86. The molecule has 9 nitrogen and oxygen atoms in total. The number of benzene rings is 1. The Hall–Kier alpha value is -3.79. The van der Waals surface area contributed by atoms with E-state index in [0.717, 1.165) is 54.8 Å². The van der Waals surface area contributed by atoms with E-state index in [1.807, 2.05) is 25.1 Å². The van der Waals surface area contributed by atoms with Crippen molar-refractivity contribution in [3.05, 3.63) is 64.9 Å². The zero-order valence-corrected chi connectivity index (χ0v) is 21.9. The zero-order valence-electron chi connectivity index (χ0n) is 21.9. The van der Waals surface area contributed by atoms with Crippen molar-refractivity contribution in [1.82, 2.24) is 19.8 Å². The topological polar surface area (TPSA) is 106 Å². The number of rotatable bonds is 7. The average Bonchev–Trinajstić information content (AvgIpc) is 3.46. The Balaban J connectivity index is 1.12. The quantitative estimate of drug-likeness (QED) is 0.339. The standard InChI is InChI=1S/C29H30FN5O4/c1-15-4-3-5-21(30)26(15)27-20(28(39-33-27)17-6-7-17)14-38-19-11-18-10-16(2)23(12-19)35(18)25-9-8-24-31-22(29(36)37)13-34(24)32-25/h3-5,8-9,13,16-19,23H,6-7,10-12,14H2,1-2H3,(H,36,37). The summed E-state index contributed by atoms with van der Waals surface area (Å²) >= 11 is 0. The maximum Gasteiger partial charge on any atom is 0.356 e. The lowest BCUT2D eigenvalue weighted by atomic mass is 9.96. The van der Waals surface area contributed by atoms with Crippen LogP contribution >= 0.6 is 0 Å². The molecule has 10 heteroatoms. The monoisotopic (exact) mass is 531 g/mol. The lowest BCUT2D eigenvalue weighted by Crippen LogP contribution is -2.47. The molecule has 5 heterocycles. The first kappa shape index (κ1) is 24.3. The van der Waals surface area contributed by atoms with Gasteiger partial charge >= 0.3 is 5.97 Å². The lowest BCUT2D eigenvalue weighted by Gasteiger charge is -2.40. The van der Waals surface area contributed by atoms with Crippen molar-refractivity contribution in [2.24, 2.45) is 5.92 Å². The molecule has 2 aliphatic heterocycles. The summed E-state index contributed by atoms with van der Waals surface area (Å²) in [6.45, 7) is 4.50. The summed E-state index contributed by atoms with van der Waals surface area (Å²) in [6, 6.07) is 9.32. The number of aromatic carboxylic acids is 1. The second-order valence-corrected chi connectivity index (χ2v) is 11.3. The molecule has 3 aliphatic rings. The molecule has 3 aromatic heterocycles. The van der Waals surface area contributed by atoms with Gasteiger partial charge in [-0.15, -0.1) is 5.10 Å². The van der Waals surface area contributed by atoms with Crippen LogP contribution < -0.4 is 4.90 Å². The number of hydrogen-bond donors (Lipinski definition) is 1. The number of nitrogens with zero attached hydrogens (tertiary/aromatic N) is 5. The SMILES string of the molecule is Cc1cccc(F)c1-c1noc(C2CC2)c1COC1CC2CC(C)C(C1)N2c1ccc2nc(C(=O)O)cn2n1. The van der Waals surface area contributed by atoms with Gasteiger partial charge < -0.3 is 19.3 Å². The largest absolute Gasteiger partial charge is 0.476 e. The fourth-order valence-corrected chi connectivity index (χ4v) is 6.53. The molecular formula is C29H30FN5O4. The van der Waals surface area contributed by atoms with E-state index in [1.54, 1.807) is 10.6 Å². The number of aryl methyl sites for hydroxylation is 1. The molecule has 1 N–H and O–H groups in total. The zero-order chi connectivity index (χ0) is 26.8. The highest BCUT2D eigenvalue weighted by Crippen LogP contribution is 2.46. The smallest absolute Gasteiger partial charge is 0.356 e. The molecule has 4 atom stereocenters. The Kier molecular flexibility index (Phi) is 5.69. The van der Waals surface area contributed by atoms with Crippen LogP contribution in [0.1, 0.15) is 72.3 Å². The lowest BCUT2D eigenvalue weighted by molar-refractivity contribution is 0.0134. The van der Waals surface area contributed by atoms with Gasteiger partial charge in [-0.2, -0.15) is 0 Å².